The van der Waals surface area contributed by atoms with E-state index in [0.29, 0.717) is 11.5 Å². The first-order valence-corrected chi connectivity index (χ1v) is 5.32. The third-order valence-electron chi connectivity index (χ3n) is 1.82. The van der Waals surface area contributed by atoms with Gasteiger partial charge in [0.05, 0.1) is 11.7 Å². The van der Waals surface area contributed by atoms with Gasteiger partial charge in [-0.2, -0.15) is 0 Å². The van der Waals surface area contributed by atoms with Gasteiger partial charge < -0.3 is 4.74 Å². The first kappa shape index (κ1) is 13.0. The number of ether oxygens (including phenoxy) is 1. The summed E-state index contributed by atoms with van der Waals surface area (Å²) in [6.07, 6.45) is 2.65. The van der Waals surface area contributed by atoms with E-state index in [0.717, 1.165) is 12.8 Å². The lowest BCUT2D eigenvalue weighted by Crippen LogP contribution is -2.30. The molecule has 0 saturated carbocycles. The Hall–Kier alpha value is -0.0400. The minimum Gasteiger partial charge on any atom is -0.373 e. The van der Waals surface area contributed by atoms with E-state index in [2.05, 4.69) is 48.5 Å². The van der Waals surface area contributed by atoms with E-state index in [4.69, 9.17) is 4.74 Å². The molecule has 13 heavy (non-hydrogen) atoms. The van der Waals surface area contributed by atoms with Gasteiger partial charge in [-0.1, -0.05) is 27.7 Å². The van der Waals surface area contributed by atoms with Crippen LogP contribution >= 0.6 is 0 Å². The van der Waals surface area contributed by atoms with Crippen LogP contribution in [0.15, 0.2) is 0 Å². The zero-order chi connectivity index (χ0) is 10.7. The highest BCUT2D eigenvalue weighted by Crippen LogP contribution is 2.26. The van der Waals surface area contributed by atoms with Crippen LogP contribution in [0, 0.1) is 5.41 Å². The van der Waals surface area contributed by atoms with Crippen molar-refractivity contribution in [2.75, 3.05) is 0 Å². The van der Waals surface area contributed by atoms with Gasteiger partial charge >= 0.3 is 0 Å². The molecule has 0 aromatic heterocycles. The Morgan fingerprint density at radius 2 is 1.46 bits per heavy atom. The first-order chi connectivity index (χ1) is 5.64. The van der Waals surface area contributed by atoms with Gasteiger partial charge in [-0.3, -0.25) is 0 Å². The third kappa shape index (κ3) is 8.29. The topological polar surface area (TPSA) is 9.23 Å². The standard InChI is InChI=1S/C12H26O/c1-8-10(9-11(2,3)4)13-12(5,6)7/h10H,8-9H2,1-7H3. The minimum atomic E-state index is -0.00801. The van der Waals surface area contributed by atoms with Gasteiger partial charge in [-0.05, 0) is 39.0 Å². The molecule has 0 heterocycles. The van der Waals surface area contributed by atoms with Crippen LogP contribution in [-0.4, -0.2) is 11.7 Å². The van der Waals surface area contributed by atoms with Gasteiger partial charge in [0.1, 0.15) is 0 Å². The normalized spacial score (nSPS) is 15.9. The van der Waals surface area contributed by atoms with E-state index in [-0.39, 0.29) is 5.60 Å². The summed E-state index contributed by atoms with van der Waals surface area (Å²) >= 11 is 0. The van der Waals surface area contributed by atoms with Crippen molar-refractivity contribution < 1.29 is 4.74 Å². The van der Waals surface area contributed by atoms with Crippen molar-refractivity contribution in [1.82, 2.24) is 0 Å². The molecule has 1 unspecified atom stereocenters. The highest BCUT2D eigenvalue weighted by molar-refractivity contribution is 4.71. The fourth-order valence-electron chi connectivity index (χ4n) is 1.45. The second kappa shape index (κ2) is 4.45. The SMILES string of the molecule is CCC(CC(C)(C)C)OC(C)(C)C. The second-order valence-corrected chi connectivity index (χ2v) is 6.03. The van der Waals surface area contributed by atoms with E-state index in [1.165, 1.54) is 0 Å². The highest BCUT2D eigenvalue weighted by Gasteiger charge is 2.22. The van der Waals surface area contributed by atoms with Crippen LogP contribution in [-0.2, 0) is 4.74 Å². The Morgan fingerprint density at radius 3 is 1.69 bits per heavy atom. The molecule has 0 aromatic carbocycles. The zero-order valence-corrected chi connectivity index (χ0v) is 10.4. The van der Waals surface area contributed by atoms with E-state index in [9.17, 15) is 0 Å². The number of hydrogen-bond acceptors (Lipinski definition) is 1. The molecular formula is C12H26O. The lowest BCUT2D eigenvalue weighted by Gasteiger charge is -2.31. The smallest absolute Gasteiger partial charge is 0.0602 e. The summed E-state index contributed by atoms with van der Waals surface area (Å²) < 4.78 is 5.96. The minimum absolute atomic E-state index is 0.00801. The van der Waals surface area contributed by atoms with E-state index in [1.54, 1.807) is 0 Å². The molecule has 0 aromatic rings. The van der Waals surface area contributed by atoms with Crippen LogP contribution in [0.4, 0.5) is 0 Å². The van der Waals surface area contributed by atoms with Gasteiger partial charge in [0, 0.05) is 0 Å². The highest BCUT2D eigenvalue weighted by atomic mass is 16.5. The van der Waals surface area contributed by atoms with Crippen molar-refractivity contribution in [1.29, 1.82) is 0 Å². The maximum atomic E-state index is 5.96. The van der Waals surface area contributed by atoms with Gasteiger partial charge in [-0.15, -0.1) is 0 Å². The molecule has 0 aliphatic carbocycles. The number of rotatable bonds is 3. The van der Waals surface area contributed by atoms with Crippen LogP contribution in [0.1, 0.15) is 61.3 Å². The molecule has 0 N–H and O–H groups in total. The largest absolute Gasteiger partial charge is 0.373 e. The van der Waals surface area contributed by atoms with E-state index in [1.807, 2.05) is 0 Å². The Labute approximate surface area is 83.9 Å². The van der Waals surface area contributed by atoms with Gasteiger partial charge in [0.15, 0.2) is 0 Å². The van der Waals surface area contributed by atoms with Gasteiger partial charge in [0.2, 0.25) is 0 Å². The fourth-order valence-corrected chi connectivity index (χ4v) is 1.45. The van der Waals surface area contributed by atoms with Gasteiger partial charge in [0.25, 0.3) is 0 Å². The summed E-state index contributed by atoms with van der Waals surface area (Å²) in [6, 6.07) is 0. The second-order valence-electron chi connectivity index (χ2n) is 6.03. The maximum Gasteiger partial charge on any atom is 0.0602 e. The summed E-state index contributed by atoms with van der Waals surface area (Å²) in [6.45, 7) is 15.4. The van der Waals surface area contributed by atoms with Crippen LogP contribution in [0.5, 0.6) is 0 Å². The Balaban J connectivity index is 4.05. The molecule has 1 heteroatoms. The van der Waals surface area contributed by atoms with E-state index >= 15 is 0 Å². The average molecular weight is 186 g/mol. The first-order valence-electron chi connectivity index (χ1n) is 5.32. The monoisotopic (exact) mass is 186 g/mol. The molecule has 0 bridgehead atoms. The Kier molecular flexibility index (Phi) is 4.44. The lowest BCUT2D eigenvalue weighted by molar-refractivity contribution is -0.0750. The maximum absolute atomic E-state index is 5.96. The molecule has 0 radical (unpaired) electrons. The van der Waals surface area contributed by atoms with Crippen molar-refractivity contribution in [2.45, 2.75) is 73.0 Å². The van der Waals surface area contributed by atoms with Crippen LogP contribution in [0.25, 0.3) is 0 Å². The fraction of sp³-hybridized carbons (Fsp3) is 1.00. The predicted octanol–water partition coefficient (Wildman–Crippen LogP) is 4.02. The Bertz CT molecular complexity index is 120. The summed E-state index contributed by atoms with van der Waals surface area (Å²) in [4.78, 5) is 0. The summed E-state index contributed by atoms with van der Waals surface area (Å²) in [5, 5.41) is 0. The molecule has 0 saturated heterocycles. The van der Waals surface area contributed by atoms with Crippen molar-refractivity contribution >= 4 is 0 Å². The molecule has 1 atom stereocenters. The predicted molar refractivity (Wildman–Crippen MR) is 59.0 cm³/mol. The van der Waals surface area contributed by atoms with Crippen molar-refractivity contribution in [3.63, 3.8) is 0 Å². The molecule has 0 amide bonds. The van der Waals surface area contributed by atoms with Crippen LogP contribution < -0.4 is 0 Å². The molecule has 0 spiro atoms. The van der Waals surface area contributed by atoms with Gasteiger partial charge in [-0.25, -0.2) is 0 Å². The molecular weight excluding hydrogens is 160 g/mol. The van der Waals surface area contributed by atoms with Crippen molar-refractivity contribution in [2.24, 2.45) is 5.41 Å². The lowest BCUT2D eigenvalue weighted by atomic mass is 9.88. The third-order valence-corrected chi connectivity index (χ3v) is 1.82. The van der Waals surface area contributed by atoms with E-state index < -0.39 is 0 Å². The molecule has 80 valence electrons. The zero-order valence-electron chi connectivity index (χ0n) is 10.4. The summed E-state index contributed by atoms with van der Waals surface area (Å²) in [5.41, 5.74) is 0.359. The summed E-state index contributed by atoms with van der Waals surface area (Å²) in [5.74, 6) is 0. The molecule has 0 fully saturated rings. The summed E-state index contributed by atoms with van der Waals surface area (Å²) in [7, 11) is 0. The van der Waals surface area contributed by atoms with Crippen LogP contribution in [0.3, 0.4) is 0 Å². The molecule has 1 nitrogen and oxygen atoms in total. The van der Waals surface area contributed by atoms with Crippen molar-refractivity contribution in [3.8, 4) is 0 Å². The number of hydrogen-bond donors (Lipinski definition) is 0. The quantitative estimate of drug-likeness (QED) is 0.647. The van der Waals surface area contributed by atoms with Crippen LogP contribution in [0.2, 0.25) is 0 Å². The Morgan fingerprint density at radius 1 is 1.00 bits per heavy atom. The molecule has 0 aliphatic rings. The average Bonchev–Trinajstić information content (AvgIpc) is 1.79. The molecule has 0 rings (SSSR count). The van der Waals surface area contributed by atoms with Crippen molar-refractivity contribution in [3.05, 3.63) is 0 Å². The molecule has 0 aliphatic heterocycles.